The number of carboxylic acid groups (broad SMARTS) is 1. The molecular weight excluding hydrogens is 318 g/mol. The summed E-state index contributed by atoms with van der Waals surface area (Å²) in [5.74, 6) is -1.78. The third-order valence-electron chi connectivity index (χ3n) is 3.18. The van der Waals surface area contributed by atoms with Crippen LogP contribution in [0.15, 0.2) is 5.38 Å². The highest BCUT2D eigenvalue weighted by Gasteiger charge is 2.29. The molecule has 23 heavy (non-hydrogen) atoms. The second-order valence-electron chi connectivity index (χ2n) is 6.28. The lowest BCUT2D eigenvalue weighted by atomic mass is 9.98. The van der Waals surface area contributed by atoms with Gasteiger partial charge in [-0.2, -0.15) is 0 Å². The summed E-state index contributed by atoms with van der Waals surface area (Å²) < 4.78 is 0. The number of aromatic nitrogens is 1. The van der Waals surface area contributed by atoms with E-state index in [9.17, 15) is 19.5 Å². The maximum atomic E-state index is 12.6. The lowest BCUT2D eigenvalue weighted by Crippen LogP contribution is -2.46. The van der Waals surface area contributed by atoms with E-state index in [1.165, 1.54) is 30.1 Å². The Kier molecular flexibility index (Phi) is 6.26. The van der Waals surface area contributed by atoms with E-state index in [0.29, 0.717) is 0 Å². The number of rotatable bonds is 6. The van der Waals surface area contributed by atoms with Crippen LogP contribution in [0, 0.1) is 0 Å². The van der Waals surface area contributed by atoms with Crippen LogP contribution < -0.4 is 5.32 Å². The van der Waals surface area contributed by atoms with Gasteiger partial charge in [-0.1, -0.05) is 20.8 Å². The molecule has 0 saturated heterocycles. The molecule has 1 aromatic heterocycles. The first-order valence-electron chi connectivity index (χ1n) is 7.28. The second kappa shape index (κ2) is 7.54. The van der Waals surface area contributed by atoms with Crippen molar-refractivity contribution in [1.82, 2.24) is 15.2 Å². The minimum Gasteiger partial charge on any atom is -0.480 e. The van der Waals surface area contributed by atoms with Crippen molar-refractivity contribution < 1.29 is 19.5 Å². The quantitative estimate of drug-likeness (QED) is 0.817. The molecule has 1 unspecified atom stereocenters. The first kappa shape index (κ1) is 19.1. The Morgan fingerprint density at radius 1 is 1.39 bits per heavy atom. The van der Waals surface area contributed by atoms with E-state index < -0.39 is 17.9 Å². The number of nitrogens with one attached hydrogen (secondary N) is 1. The monoisotopic (exact) mass is 341 g/mol. The zero-order chi connectivity index (χ0) is 17.8. The molecular formula is C15H23N3O4S. The average Bonchev–Trinajstić information content (AvgIpc) is 2.91. The van der Waals surface area contributed by atoms with E-state index in [0.717, 1.165) is 5.01 Å². The summed E-state index contributed by atoms with van der Waals surface area (Å²) in [6.07, 6.45) is 0. The van der Waals surface area contributed by atoms with E-state index in [1.807, 2.05) is 20.8 Å². The molecule has 0 saturated carbocycles. The molecule has 128 valence electrons. The Morgan fingerprint density at radius 3 is 2.43 bits per heavy atom. The molecule has 1 rings (SSSR count). The van der Waals surface area contributed by atoms with Gasteiger partial charge in [-0.25, -0.2) is 9.78 Å². The maximum absolute atomic E-state index is 12.6. The molecule has 0 fully saturated rings. The molecule has 8 heteroatoms. The third kappa shape index (κ3) is 5.31. The topological polar surface area (TPSA) is 99.6 Å². The smallest absolute Gasteiger partial charge is 0.326 e. The van der Waals surface area contributed by atoms with Gasteiger partial charge in [-0.15, -0.1) is 11.3 Å². The molecule has 2 N–H and O–H groups in total. The Labute approximate surface area is 139 Å². The Bertz CT molecular complexity index is 592. The molecule has 7 nitrogen and oxygen atoms in total. The van der Waals surface area contributed by atoms with E-state index >= 15 is 0 Å². The fraction of sp³-hybridized carbons (Fsp3) is 0.600. The van der Waals surface area contributed by atoms with Gasteiger partial charge in [0.1, 0.15) is 11.7 Å². The molecule has 0 aliphatic heterocycles. The summed E-state index contributed by atoms with van der Waals surface area (Å²) in [4.78, 5) is 40.3. The van der Waals surface area contributed by atoms with Crippen LogP contribution in [-0.2, 0) is 15.0 Å². The van der Waals surface area contributed by atoms with Crippen molar-refractivity contribution in [1.29, 1.82) is 0 Å². The predicted molar refractivity (Wildman–Crippen MR) is 87.6 cm³/mol. The minimum atomic E-state index is -1.10. The normalized spacial score (nSPS) is 12.6. The average molecular weight is 341 g/mol. The second-order valence-corrected chi connectivity index (χ2v) is 7.14. The summed E-state index contributed by atoms with van der Waals surface area (Å²) in [6.45, 7) is 9.08. The molecule has 0 bridgehead atoms. The highest BCUT2D eigenvalue weighted by atomic mass is 32.1. The molecule has 0 radical (unpaired) electrons. The van der Waals surface area contributed by atoms with Crippen LogP contribution in [0.5, 0.6) is 0 Å². The number of amides is 2. The van der Waals surface area contributed by atoms with Gasteiger partial charge in [0.25, 0.3) is 5.91 Å². The summed E-state index contributed by atoms with van der Waals surface area (Å²) in [5.41, 5.74) is 0.0543. The van der Waals surface area contributed by atoms with Crippen molar-refractivity contribution in [2.45, 2.75) is 46.1 Å². The van der Waals surface area contributed by atoms with Crippen LogP contribution in [0.2, 0.25) is 0 Å². The Morgan fingerprint density at radius 2 is 2.00 bits per heavy atom. The molecule has 1 heterocycles. The van der Waals surface area contributed by atoms with E-state index in [1.54, 1.807) is 5.38 Å². The van der Waals surface area contributed by atoms with Gasteiger partial charge in [-0.3, -0.25) is 9.59 Å². The van der Waals surface area contributed by atoms with Crippen molar-refractivity contribution in [2.75, 3.05) is 13.1 Å². The number of aliphatic carboxylic acids is 1. The Balaban J connectivity index is 2.96. The Hall–Kier alpha value is -1.96. The summed E-state index contributed by atoms with van der Waals surface area (Å²) in [5, 5.41) is 14.2. The fourth-order valence-electron chi connectivity index (χ4n) is 1.82. The SMILES string of the molecule is CC(=O)NCCN(C(=O)c1csc(C(C)(C)C)n1)C(C)C(=O)O. The van der Waals surface area contributed by atoms with Crippen molar-refractivity contribution in [2.24, 2.45) is 0 Å². The van der Waals surface area contributed by atoms with Crippen LogP contribution in [0.1, 0.15) is 50.1 Å². The molecule has 0 aliphatic carbocycles. The number of thiazole rings is 1. The first-order chi connectivity index (χ1) is 10.5. The van der Waals surface area contributed by atoms with Gasteiger partial charge in [0.2, 0.25) is 5.91 Å². The molecule has 1 atom stereocenters. The third-order valence-corrected chi connectivity index (χ3v) is 4.45. The number of carboxylic acids is 1. The van der Waals surface area contributed by atoms with Crippen LogP contribution in [0.4, 0.5) is 0 Å². The fourth-order valence-corrected chi connectivity index (χ4v) is 2.70. The van der Waals surface area contributed by atoms with E-state index in [-0.39, 0.29) is 30.1 Å². The lowest BCUT2D eigenvalue weighted by Gasteiger charge is -2.26. The van der Waals surface area contributed by atoms with Crippen molar-refractivity contribution in [3.05, 3.63) is 16.1 Å². The number of nitrogens with zero attached hydrogens (tertiary/aromatic N) is 2. The van der Waals surface area contributed by atoms with Gasteiger partial charge < -0.3 is 15.3 Å². The van der Waals surface area contributed by atoms with Gasteiger partial charge in [-0.05, 0) is 6.92 Å². The van der Waals surface area contributed by atoms with E-state index in [2.05, 4.69) is 10.3 Å². The number of hydrogen-bond donors (Lipinski definition) is 2. The summed E-state index contributed by atoms with van der Waals surface area (Å²) in [6, 6.07) is -1.00. The standard InChI is InChI=1S/C15H23N3O4S/c1-9(13(21)22)18(7-6-16-10(2)19)12(20)11-8-23-14(17-11)15(3,4)5/h8-9H,6-7H2,1-5H3,(H,16,19)(H,21,22). The van der Waals surface area contributed by atoms with Gasteiger partial charge >= 0.3 is 5.97 Å². The molecule has 0 spiro atoms. The lowest BCUT2D eigenvalue weighted by molar-refractivity contribution is -0.141. The first-order valence-corrected chi connectivity index (χ1v) is 8.16. The molecule has 0 aromatic carbocycles. The molecule has 2 amide bonds. The zero-order valence-electron chi connectivity index (χ0n) is 14.0. The predicted octanol–water partition coefficient (Wildman–Crippen LogP) is 1.49. The minimum absolute atomic E-state index is 0.105. The van der Waals surface area contributed by atoms with Crippen LogP contribution in [-0.4, -0.2) is 51.9 Å². The highest BCUT2D eigenvalue weighted by Crippen LogP contribution is 2.26. The molecule has 1 aromatic rings. The summed E-state index contributed by atoms with van der Waals surface area (Å²) >= 11 is 1.38. The number of carbonyl (C=O) groups is 3. The van der Waals surface area contributed by atoms with Crippen LogP contribution in [0.3, 0.4) is 0 Å². The van der Waals surface area contributed by atoms with Crippen molar-refractivity contribution >= 4 is 29.1 Å². The molecule has 0 aliphatic rings. The van der Waals surface area contributed by atoms with Gasteiger partial charge in [0.05, 0.1) is 5.01 Å². The van der Waals surface area contributed by atoms with E-state index in [4.69, 9.17) is 0 Å². The largest absolute Gasteiger partial charge is 0.480 e. The highest BCUT2D eigenvalue weighted by molar-refractivity contribution is 7.10. The number of hydrogen-bond acceptors (Lipinski definition) is 5. The van der Waals surface area contributed by atoms with Crippen LogP contribution in [0.25, 0.3) is 0 Å². The maximum Gasteiger partial charge on any atom is 0.326 e. The van der Waals surface area contributed by atoms with Gasteiger partial charge in [0.15, 0.2) is 0 Å². The number of carbonyl (C=O) groups excluding carboxylic acids is 2. The summed E-state index contributed by atoms with van der Waals surface area (Å²) in [7, 11) is 0. The van der Waals surface area contributed by atoms with Crippen molar-refractivity contribution in [3.8, 4) is 0 Å². The van der Waals surface area contributed by atoms with Crippen molar-refractivity contribution in [3.63, 3.8) is 0 Å². The van der Waals surface area contributed by atoms with Crippen LogP contribution >= 0.6 is 11.3 Å². The van der Waals surface area contributed by atoms with Gasteiger partial charge in [0, 0.05) is 30.8 Å². The zero-order valence-corrected chi connectivity index (χ0v) is 14.9.